The second-order valence-corrected chi connectivity index (χ2v) is 9.08. The van der Waals surface area contributed by atoms with Crippen molar-refractivity contribution in [2.45, 2.75) is 52.0 Å². The topological polar surface area (TPSA) is 58.4 Å². The third-order valence-electron chi connectivity index (χ3n) is 6.43. The van der Waals surface area contributed by atoms with Gasteiger partial charge in [-0.3, -0.25) is 4.79 Å². The number of benzene rings is 1. The summed E-state index contributed by atoms with van der Waals surface area (Å²) in [6, 6.07) is 6.46. The number of hydrogen-bond donors (Lipinski definition) is 2. The van der Waals surface area contributed by atoms with Crippen molar-refractivity contribution in [3.63, 3.8) is 0 Å². The number of nitrogens with zero attached hydrogens (tertiary/aromatic N) is 2. The first kappa shape index (κ1) is 23.0. The monoisotopic (exact) mass is 452 g/mol. The van der Waals surface area contributed by atoms with Crippen LogP contribution in [0.3, 0.4) is 0 Å². The highest BCUT2D eigenvalue weighted by atomic mass is 19.1. The SMILES string of the molecule is C=C(C)NC1CCC(Cc2c(-c3c(F)cc(C(=O)NC)cc3F)nc3cc(C)ccn23)CC1. The third-order valence-corrected chi connectivity index (χ3v) is 6.43. The zero-order valence-electron chi connectivity index (χ0n) is 19.3. The van der Waals surface area contributed by atoms with E-state index in [1.807, 2.05) is 36.6 Å². The molecule has 5 nitrogen and oxygen atoms in total. The Morgan fingerprint density at radius 2 is 1.85 bits per heavy atom. The van der Waals surface area contributed by atoms with Crippen LogP contribution in [0.4, 0.5) is 8.78 Å². The van der Waals surface area contributed by atoms with E-state index in [0.29, 0.717) is 29.7 Å². The number of halogens is 2. The van der Waals surface area contributed by atoms with E-state index in [1.54, 1.807) is 0 Å². The van der Waals surface area contributed by atoms with Crippen LogP contribution < -0.4 is 10.6 Å². The Morgan fingerprint density at radius 1 is 1.18 bits per heavy atom. The zero-order chi connectivity index (χ0) is 23.7. The maximum absolute atomic E-state index is 15.1. The molecule has 1 amide bonds. The van der Waals surface area contributed by atoms with Gasteiger partial charge in [0.1, 0.15) is 17.3 Å². The smallest absolute Gasteiger partial charge is 0.251 e. The predicted octanol–water partition coefficient (Wildman–Crippen LogP) is 5.17. The average molecular weight is 453 g/mol. The summed E-state index contributed by atoms with van der Waals surface area (Å²) in [5.41, 5.74) is 3.52. The van der Waals surface area contributed by atoms with Gasteiger partial charge >= 0.3 is 0 Å². The summed E-state index contributed by atoms with van der Waals surface area (Å²) in [5, 5.41) is 5.83. The predicted molar refractivity (Wildman–Crippen MR) is 126 cm³/mol. The summed E-state index contributed by atoms with van der Waals surface area (Å²) in [7, 11) is 1.43. The van der Waals surface area contributed by atoms with E-state index in [4.69, 9.17) is 0 Å². The molecule has 7 heteroatoms. The molecule has 2 N–H and O–H groups in total. The Kier molecular flexibility index (Phi) is 6.49. The van der Waals surface area contributed by atoms with Crippen LogP contribution in [0.15, 0.2) is 42.7 Å². The van der Waals surface area contributed by atoms with Gasteiger partial charge in [0.25, 0.3) is 5.91 Å². The van der Waals surface area contributed by atoms with Crippen LogP contribution in [0.5, 0.6) is 0 Å². The fraction of sp³-hybridized carbons (Fsp3) is 0.385. The van der Waals surface area contributed by atoms with Crippen LogP contribution in [0.2, 0.25) is 0 Å². The molecule has 1 aliphatic carbocycles. The van der Waals surface area contributed by atoms with E-state index in [9.17, 15) is 4.79 Å². The van der Waals surface area contributed by atoms with Gasteiger partial charge in [-0.1, -0.05) is 6.58 Å². The molecule has 1 aromatic carbocycles. The Balaban J connectivity index is 1.72. The lowest BCUT2D eigenvalue weighted by Crippen LogP contribution is -2.32. The van der Waals surface area contributed by atoms with Crippen molar-refractivity contribution in [3.8, 4) is 11.3 Å². The third kappa shape index (κ3) is 4.77. The number of hydrogen-bond acceptors (Lipinski definition) is 3. The van der Waals surface area contributed by atoms with Crippen LogP contribution in [-0.2, 0) is 6.42 Å². The number of pyridine rings is 1. The van der Waals surface area contributed by atoms with E-state index in [1.165, 1.54) is 7.05 Å². The van der Waals surface area contributed by atoms with Crippen molar-refractivity contribution in [3.05, 3.63) is 71.2 Å². The molecule has 0 bridgehead atoms. The molecule has 3 aromatic rings. The average Bonchev–Trinajstić information content (AvgIpc) is 3.10. The number of aryl methyl sites for hydroxylation is 1. The number of nitrogens with one attached hydrogen (secondary N) is 2. The lowest BCUT2D eigenvalue weighted by molar-refractivity contribution is 0.0962. The first-order valence-electron chi connectivity index (χ1n) is 11.4. The Bertz CT molecular complexity index is 1190. The quantitative estimate of drug-likeness (QED) is 0.542. The van der Waals surface area contributed by atoms with Crippen molar-refractivity contribution in [2.24, 2.45) is 5.92 Å². The standard InChI is InChI=1S/C26H30F2N4O/c1-15(2)30-19-7-5-17(6-8-19)12-22-25(31-23-11-16(3)9-10-32(22)23)24-20(27)13-18(14-21(24)28)26(33)29-4/h9-11,13-14,17,19,30H,1,5-8,12H2,2-4H3,(H,29,33). The molecule has 2 heterocycles. The second-order valence-electron chi connectivity index (χ2n) is 9.08. The number of carbonyl (C=O) groups excluding carboxylic acids is 1. The number of allylic oxidation sites excluding steroid dienone is 1. The van der Waals surface area contributed by atoms with Crippen molar-refractivity contribution in [2.75, 3.05) is 7.05 Å². The van der Waals surface area contributed by atoms with Crippen molar-refractivity contribution >= 4 is 11.6 Å². The van der Waals surface area contributed by atoms with Crippen LogP contribution in [0, 0.1) is 24.5 Å². The van der Waals surface area contributed by atoms with Gasteiger partial charge in [0.2, 0.25) is 0 Å². The molecule has 1 fully saturated rings. The first-order valence-corrected chi connectivity index (χ1v) is 11.4. The summed E-state index contributed by atoms with van der Waals surface area (Å²) in [4.78, 5) is 16.5. The molecule has 0 atom stereocenters. The lowest BCUT2D eigenvalue weighted by Gasteiger charge is -2.30. The van der Waals surface area contributed by atoms with Gasteiger partial charge in [0.05, 0.1) is 17.0 Å². The normalized spacial score (nSPS) is 18.3. The Labute approximate surface area is 192 Å². The molecule has 1 aliphatic rings. The van der Waals surface area contributed by atoms with E-state index in [-0.39, 0.29) is 11.1 Å². The highest BCUT2D eigenvalue weighted by Gasteiger charge is 2.27. The molecular weight excluding hydrogens is 422 g/mol. The van der Waals surface area contributed by atoms with Crippen molar-refractivity contribution < 1.29 is 13.6 Å². The van der Waals surface area contributed by atoms with Gasteiger partial charge in [-0.25, -0.2) is 13.8 Å². The van der Waals surface area contributed by atoms with E-state index in [2.05, 4.69) is 22.2 Å². The van der Waals surface area contributed by atoms with Crippen LogP contribution in [-0.4, -0.2) is 28.4 Å². The van der Waals surface area contributed by atoms with Crippen molar-refractivity contribution in [1.82, 2.24) is 20.0 Å². The van der Waals surface area contributed by atoms with E-state index < -0.39 is 17.5 Å². The summed E-state index contributed by atoms with van der Waals surface area (Å²) >= 11 is 0. The number of fused-ring (bicyclic) bond motifs is 1. The largest absolute Gasteiger partial charge is 0.386 e. The van der Waals surface area contributed by atoms with E-state index in [0.717, 1.165) is 54.8 Å². The minimum atomic E-state index is -0.788. The number of rotatable bonds is 6. The molecule has 0 radical (unpaired) electrons. The maximum Gasteiger partial charge on any atom is 0.251 e. The second kappa shape index (κ2) is 9.33. The number of imidazole rings is 1. The van der Waals surface area contributed by atoms with Gasteiger partial charge in [-0.2, -0.15) is 0 Å². The summed E-state index contributed by atoms with van der Waals surface area (Å²) in [6.07, 6.45) is 6.70. The Hall–Kier alpha value is -3.22. The Morgan fingerprint density at radius 3 is 2.45 bits per heavy atom. The minimum absolute atomic E-state index is 0.0549. The molecule has 1 saturated carbocycles. The first-order chi connectivity index (χ1) is 15.8. The molecule has 0 spiro atoms. The highest BCUT2D eigenvalue weighted by Crippen LogP contribution is 2.35. The van der Waals surface area contributed by atoms with Crippen LogP contribution >= 0.6 is 0 Å². The minimum Gasteiger partial charge on any atom is -0.386 e. The van der Waals surface area contributed by atoms with Gasteiger partial charge in [-0.05, 0) is 81.7 Å². The molecule has 33 heavy (non-hydrogen) atoms. The molecule has 4 rings (SSSR count). The summed E-state index contributed by atoms with van der Waals surface area (Å²) < 4.78 is 32.2. The zero-order valence-corrected chi connectivity index (χ0v) is 19.3. The number of carbonyl (C=O) groups is 1. The molecule has 0 unspecified atom stereocenters. The van der Waals surface area contributed by atoms with Gasteiger partial charge in [0, 0.05) is 30.5 Å². The highest BCUT2D eigenvalue weighted by molar-refractivity contribution is 5.94. The molecule has 174 valence electrons. The van der Waals surface area contributed by atoms with Crippen molar-refractivity contribution in [1.29, 1.82) is 0 Å². The lowest BCUT2D eigenvalue weighted by atomic mass is 9.82. The van der Waals surface area contributed by atoms with Gasteiger partial charge in [-0.15, -0.1) is 0 Å². The summed E-state index contributed by atoms with van der Waals surface area (Å²) in [5.74, 6) is -1.72. The maximum atomic E-state index is 15.1. The molecular formula is C26H30F2N4O. The summed E-state index contributed by atoms with van der Waals surface area (Å²) in [6.45, 7) is 7.87. The fourth-order valence-corrected chi connectivity index (χ4v) is 4.80. The number of amides is 1. The fourth-order valence-electron chi connectivity index (χ4n) is 4.80. The van der Waals surface area contributed by atoms with Crippen LogP contribution in [0.1, 0.15) is 54.2 Å². The van der Waals surface area contributed by atoms with Gasteiger partial charge < -0.3 is 15.0 Å². The molecule has 2 aromatic heterocycles. The van der Waals surface area contributed by atoms with Gasteiger partial charge in [0.15, 0.2) is 0 Å². The molecule has 0 saturated heterocycles. The van der Waals surface area contributed by atoms with Crippen LogP contribution in [0.25, 0.3) is 16.9 Å². The number of aromatic nitrogens is 2. The molecule has 0 aliphatic heterocycles. The van der Waals surface area contributed by atoms with E-state index >= 15 is 8.78 Å².